The Morgan fingerprint density at radius 1 is 1.21 bits per heavy atom. The molecule has 1 amide bonds. The van der Waals surface area contributed by atoms with Crippen LogP contribution in [0.4, 0.5) is 0 Å². The van der Waals surface area contributed by atoms with Crippen LogP contribution in [0.2, 0.25) is 0 Å². The van der Waals surface area contributed by atoms with Crippen LogP contribution in [-0.2, 0) is 0 Å². The van der Waals surface area contributed by atoms with Crippen molar-refractivity contribution in [2.75, 3.05) is 6.54 Å². The number of phenols is 2. The van der Waals surface area contributed by atoms with Crippen molar-refractivity contribution in [1.82, 2.24) is 5.32 Å². The lowest BCUT2D eigenvalue weighted by Crippen LogP contribution is -2.36. The molecule has 19 heavy (non-hydrogen) atoms. The summed E-state index contributed by atoms with van der Waals surface area (Å²) in [4.78, 5) is 11.8. The minimum atomic E-state index is -0.632. The van der Waals surface area contributed by atoms with Gasteiger partial charge in [-0.25, -0.2) is 0 Å². The van der Waals surface area contributed by atoms with Gasteiger partial charge in [-0.1, -0.05) is 32.8 Å². The van der Waals surface area contributed by atoms with Crippen LogP contribution in [0.3, 0.4) is 0 Å². The van der Waals surface area contributed by atoms with Crippen LogP contribution in [0.5, 0.6) is 11.5 Å². The summed E-state index contributed by atoms with van der Waals surface area (Å²) in [6.45, 7) is 4.06. The van der Waals surface area contributed by atoms with Gasteiger partial charge >= 0.3 is 0 Å². The molecule has 5 nitrogen and oxygen atoms in total. The maximum atomic E-state index is 11.8. The maximum absolute atomic E-state index is 11.8. The van der Waals surface area contributed by atoms with Gasteiger partial charge in [-0.05, 0) is 18.1 Å². The summed E-state index contributed by atoms with van der Waals surface area (Å²) in [7, 11) is 0. The second kappa shape index (κ2) is 6.99. The highest BCUT2D eigenvalue weighted by Gasteiger charge is 2.19. The molecule has 1 unspecified atom stereocenters. The number of phenolic OH excluding ortho intramolecular Hbond substituents is 2. The first-order chi connectivity index (χ1) is 9.01. The summed E-state index contributed by atoms with van der Waals surface area (Å²) in [6, 6.07) is 4.10. The van der Waals surface area contributed by atoms with Gasteiger partial charge in [0.25, 0.3) is 5.91 Å². The molecule has 1 aromatic carbocycles. The van der Waals surface area contributed by atoms with Crippen molar-refractivity contribution < 1.29 is 20.1 Å². The van der Waals surface area contributed by atoms with Crippen LogP contribution in [0, 0.1) is 5.92 Å². The quantitative estimate of drug-likeness (QED) is 0.630. The molecule has 0 saturated heterocycles. The predicted octanol–water partition coefficient (Wildman–Crippen LogP) is 1.62. The summed E-state index contributed by atoms with van der Waals surface area (Å²) < 4.78 is 0. The molecule has 0 aliphatic carbocycles. The Hall–Kier alpha value is -1.75. The van der Waals surface area contributed by atoms with Gasteiger partial charge in [0.05, 0.1) is 6.10 Å². The topological polar surface area (TPSA) is 89.8 Å². The van der Waals surface area contributed by atoms with Crippen LogP contribution in [0.15, 0.2) is 18.2 Å². The number of aliphatic hydroxyl groups is 1. The van der Waals surface area contributed by atoms with Gasteiger partial charge in [0, 0.05) is 6.54 Å². The summed E-state index contributed by atoms with van der Waals surface area (Å²) in [5.41, 5.74) is -0.167. The van der Waals surface area contributed by atoms with Crippen molar-refractivity contribution in [3.05, 3.63) is 23.8 Å². The second-order valence-corrected chi connectivity index (χ2v) is 4.53. The van der Waals surface area contributed by atoms with Gasteiger partial charge in [-0.3, -0.25) is 4.79 Å². The molecule has 0 fully saturated rings. The van der Waals surface area contributed by atoms with E-state index in [0.717, 1.165) is 12.8 Å². The normalized spacial score (nSPS) is 12.4. The van der Waals surface area contributed by atoms with Crippen molar-refractivity contribution in [2.45, 2.75) is 32.8 Å². The van der Waals surface area contributed by atoms with E-state index in [1.165, 1.54) is 18.2 Å². The second-order valence-electron chi connectivity index (χ2n) is 4.53. The van der Waals surface area contributed by atoms with E-state index in [9.17, 15) is 20.1 Å². The van der Waals surface area contributed by atoms with Crippen LogP contribution in [0.25, 0.3) is 0 Å². The SMILES string of the molecule is CCC(CC)C(O)CNC(=O)c1c(O)cccc1O. The molecule has 0 heterocycles. The Labute approximate surface area is 112 Å². The number of aromatic hydroxyl groups is 2. The van der Waals surface area contributed by atoms with Crippen LogP contribution in [0.1, 0.15) is 37.0 Å². The van der Waals surface area contributed by atoms with E-state index in [2.05, 4.69) is 5.32 Å². The molecule has 106 valence electrons. The molecular weight excluding hydrogens is 246 g/mol. The first-order valence-electron chi connectivity index (χ1n) is 6.48. The highest BCUT2D eigenvalue weighted by molar-refractivity contribution is 5.99. The number of hydrogen-bond donors (Lipinski definition) is 4. The molecule has 0 saturated carbocycles. The van der Waals surface area contributed by atoms with Gasteiger partial charge < -0.3 is 20.6 Å². The van der Waals surface area contributed by atoms with Crippen molar-refractivity contribution in [1.29, 1.82) is 0 Å². The third-order valence-corrected chi connectivity index (χ3v) is 3.31. The number of nitrogens with one attached hydrogen (secondary N) is 1. The fourth-order valence-corrected chi connectivity index (χ4v) is 2.05. The Balaban J connectivity index is 2.66. The number of benzene rings is 1. The number of amides is 1. The highest BCUT2D eigenvalue weighted by atomic mass is 16.3. The zero-order valence-electron chi connectivity index (χ0n) is 11.3. The maximum Gasteiger partial charge on any atom is 0.258 e. The zero-order valence-corrected chi connectivity index (χ0v) is 11.3. The molecule has 0 bridgehead atoms. The van der Waals surface area contributed by atoms with Gasteiger partial charge in [-0.2, -0.15) is 0 Å². The van der Waals surface area contributed by atoms with E-state index in [1.807, 2.05) is 13.8 Å². The van der Waals surface area contributed by atoms with Gasteiger partial charge in [0.15, 0.2) is 0 Å². The van der Waals surface area contributed by atoms with Gasteiger partial charge in [0.1, 0.15) is 17.1 Å². The summed E-state index contributed by atoms with van der Waals surface area (Å²) in [5.74, 6) is -1.04. The largest absolute Gasteiger partial charge is 0.507 e. The molecular formula is C14H21NO4. The average Bonchev–Trinajstić information content (AvgIpc) is 2.37. The lowest BCUT2D eigenvalue weighted by Gasteiger charge is -2.20. The molecule has 1 rings (SSSR count). The van der Waals surface area contributed by atoms with E-state index in [4.69, 9.17) is 0 Å². The summed E-state index contributed by atoms with van der Waals surface area (Å²) in [6.07, 6.45) is 1.03. The fraction of sp³-hybridized carbons (Fsp3) is 0.500. The number of carbonyl (C=O) groups excluding carboxylic acids is 1. The van der Waals surface area contributed by atoms with Crippen LogP contribution >= 0.6 is 0 Å². The number of carbonyl (C=O) groups is 1. The lowest BCUT2D eigenvalue weighted by atomic mass is 9.96. The average molecular weight is 267 g/mol. The molecule has 0 aromatic heterocycles. The van der Waals surface area contributed by atoms with Gasteiger partial charge in [-0.15, -0.1) is 0 Å². The molecule has 4 N–H and O–H groups in total. The Morgan fingerprint density at radius 2 is 1.74 bits per heavy atom. The van der Waals surface area contributed by atoms with Crippen molar-refractivity contribution in [3.8, 4) is 11.5 Å². The molecule has 0 radical (unpaired) electrons. The third kappa shape index (κ3) is 3.86. The third-order valence-electron chi connectivity index (χ3n) is 3.31. The Kier molecular flexibility index (Phi) is 5.63. The van der Waals surface area contributed by atoms with E-state index in [0.29, 0.717) is 0 Å². The summed E-state index contributed by atoms with van der Waals surface area (Å²) >= 11 is 0. The van der Waals surface area contributed by atoms with Crippen molar-refractivity contribution in [3.63, 3.8) is 0 Å². The zero-order chi connectivity index (χ0) is 14.4. The van der Waals surface area contributed by atoms with E-state index in [1.54, 1.807) is 0 Å². The summed E-state index contributed by atoms with van der Waals surface area (Å²) in [5, 5.41) is 31.5. The highest BCUT2D eigenvalue weighted by Crippen LogP contribution is 2.25. The van der Waals surface area contributed by atoms with Crippen molar-refractivity contribution in [2.24, 2.45) is 5.92 Å². The number of hydrogen-bond acceptors (Lipinski definition) is 4. The molecule has 0 aliphatic heterocycles. The first kappa shape index (κ1) is 15.3. The molecule has 0 aliphatic rings. The molecule has 0 spiro atoms. The first-order valence-corrected chi connectivity index (χ1v) is 6.48. The molecule has 1 aromatic rings. The minimum Gasteiger partial charge on any atom is -0.507 e. The van der Waals surface area contributed by atoms with Crippen LogP contribution in [-0.4, -0.2) is 33.9 Å². The van der Waals surface area contributed by atoms with Crippen molar-refractivity contribution >= 4 is 5.91 Å². The van der Waals surface area contributed by atoms with Gasteiger partial charge in [0.2, 0.25) is 0 Å². The minimum absolute atomic E-state index is 0.0962. The number of rotatable bonds is 6. The van der Waals surface area contributed by atoms with Crippen LogP contribution < -0.4 is 5.32 Å². The Morgan fingerprint density at radius 3 is 2.21 bits per heavy atom. The monoisotopic (exact) mass is 267 g/mol. The predicted molar refractivity (Wildman–Crippen MR) is 72.2 cm³/mol. The van der Waals surface area contributed by atoms with E-state index in [-0.39, 0.29) is 29.5 Å². The Bertz CT molecular complexity index is 409. The molecule has 1 atom stereocenters. The smallest absolute Gasteiger partial charge is 0.258 e. The molecule has 5 heteroatoms. The lowest BCUT2D eigenvalue weighted by molar-refractivity contribution is 0.0812. The van der Waals surface area contributed by atoms with E-state index < -0.39 is 12.0 Å². The fourth-order valence-electron chi connectivity index (χ4n) is 2.05. The van der Waals surface area contributed by atoms with E-state index >= 15 is 0 Å². The standard InChI is InChI=1S/C14H21NO4/c1-3-9(4-2)12(18)8-15-14(19)13-10(16)6-5-7-11(13)17/h5-7,9,12,16-18H,3-4,8H2,1-2H3,(H,15,19). The number of aliphatic hydroxyl groups excluding tert-OH is 1.